The van der Waals surface area contributed by atoms with E-state index in [2.05, 4.69) is 16.0 Å². The van der Waals surface area contributed by atoms with E-state index in [-0.39, 0.29) is 18.0 Å². The summed E-state index contributed by atoms with van der Waals surface area (Å²) in [6.07, 6.45) is 12.1. The smallest absolute Gasteiger partial charge is 0.317 e. The van der Waals surface area contributed by atoms with Crippen LogP contribution >= 0.6 is 11.3 Å². The molecule has 2 aliphatic rings. The van der Waals surface area contributed by atoms with Crippen LogP contribution in [0.1, 0.15) is 76.2 Å². The zero-order valence-corrected chi connectivity index (χ0v) is 21.5. The molecule has 1 aliphatic heterocycles. The number of likely N-dealkylation sites (tertiary alicyclic amines) is 1. The maximum Gasteiger partial charge on any atom is 0.317 e. The number of methoxy groups -OCH3 is 1. The van der Waals surface area contributed by atoms with E-state index >= 15 is 0 Å². The monoisotopic (exact) mass is 479 g/mol. The summed E-state index contributed by atoms with van der Waals surface area (Å²) in [6, 6.07) is 2.24. The van der Waals surface area contributed by atoms with Gasteiger partial charge in [-0.05, 0) is 73.9 Å². The number of rotatable bonds is 12. The molecule has 0 bridgehead atoms. The van der Waals surface area contributed by atoms with E-state index in [0.717, 1.165) is 56.7 Å². The lowest BCUT2D eigenvalue weighted by Gasteiger charge is -2.43. The lowest BCUT2D eigenvalue weighted by molar-refractivity contribution is -0.0560. The highest BCUT2D eigenvalue weighted by Gasteiger charge is 2.41. The Bertz CT molecular complexity index is 680. The number of likely N-dealkylation sites (N-methyl/N-ethyl adjacent to an activating group) is 1. The van der Waals surface area contributed by atoms with Crippen LogP contribution in [0.2, 0.25) is 0 Å². The van der Waals surface area contributed by atoms with Crippen molar-refractivity contribution in [1.29, 1.82) is 0 Å². The molecule has 2 fully saturated rings. The maximum atomic E-state index is 13.3. The number of nitrogens with one attached hydrogen (secondary N) is 2. The molecule has 0 radical (unpaired) electrons. The van der Waals surface area contributed by atoms with Crippen LogP contribution in [0.25, 0.3) is 0 Å². The fourth-order valence-corrected chi connectivity index (χ4v) is 6.55. The third-order valence-electron chi connectivity index (χ3n) is 7.68. The average molecular weight is 480 g/mol. The number of piperidine rings is 1. The molecule has 3 atom stereocenters. The number of aliphatic hydroxyl groups is 1. The van der Waals surface area contributed by atoms with Gasteiger partial charge in [0.05, 0.1) is 5.60 Å². The Kier molecular flexibility index (Phi) is 11.0. The van der Waals surface area contributed by atoms with Gasteiger partial charge in [0.1, 0.15) is 0 Å². The van der Waals surface area contributed by atoms with Gasteiger partial charge >= 0.3 is 6.03 Å². The second kappa shape index (κ2) is 13.7. The summed E-state index contributed by atoms with van der Waals surface area (Å²) in [5.74, 6) is 0.775. The number of nitrogens with zero attached hydrogens (tertiary/aromatic N) is 1. The maximum absolute atomic E-state index is 13.3. The molecule has 2 amide bonds. The average Bonchev–Trinajstić information content (AvgIpc) is 3.38. The number of carbonyl (C=O) groups is 1. The molecule has 33 heavy (non-hydrogen) atoms. The summed E-state index contributed by atoms with van der Waals surface area (Å²) in [5.41, 5.74) is 0.113. The molecular weight excluding hydrogens is 434 g/mol. The number of amides is 2. The zero-order chi connectivity index (χ0) is 23.5. The van der Waals surface area contributed by atoms with Gasteiger partial charge in [0.25, 0.3) is 0 Å². The minimum atomic E-state index is -0.890. The molecule has 2 heterocycles. The van der Waals surface area contributed by atoms with E-state index in [1.807, 2.05) is 23.4 Å². The van der Waals surface area contributed by atoms with Gasteiger partial charge < -0.3 is 25.4 Å². The number of ether oxygens (including phenoxy) is 1. The molecule has 6 nitrogen and oxygen atoms in total. The highest BCUT2D eigenvalue weighted by Crippen LogP contribution is 2.40. The van der Waals surface area contributed by atoms with Crippen LogP contribution in [0, 0.1) is 11.8 Å². The zero-order valence-electron chi connectivity index (χ0n) is 20.7. The van der Waals surface area contributed by atoms with Crippen molar-refractivity contribution in [3.05, 3.63) is 22.4 Å². The van der Waals surface area contributed by atoms with Gasteiger partial charge in [0.15, 0.2) is 0 Å². The van der Waals surface area contributed by atoms with E-state index in [1.54, 1.807) is 18.4 Å². The van der Waals surface area contributed by atoms with Crippen molar-refractivity contribution in [2.24, 2.45) is 11.8 Å². The highest BCUT2D eigenvalue weighted by atomic mass is 32.1. The normalized spacial score (nSPS) is 22.6. The molecule has 3 N–H and O–H groups in total. The van der Waals surface area contributed by atoms with Crippen LogP contribution in [0.15, 0.2) is 16.8 Å². The van der Waals surface area contributed by atoms with Gasteiger partial charge in [0.2, 0.25) is 0 Å². The van der Waals surface area contributed by atoms with Crippen molar-refractivity contribution in [3.63, 3.8) is 0 Å². The van der Waals surface area contributed by atoms with E-state index in [4.69, 9.17) is 4.74 Å². The third-order valence-corrected chi connectivity index (χ3v) is 8.37. The predicted octanol–water partition coefficient (Wildman–Crippen LogP) is 4.73. The Balaban J connectivity index is 1.62. The van der Waals surface area contributed by atoms with Crippen molar-refractivity contribution in [2.75, 3.05) is 40.4 Å². The van der Waals surface area contributed by atoms with Crippen LogP contribution < -0.4 is 10.6 Å². The summed E-state index contributed by atoms with van der Waals surface area (Å²) in [5, 5.41) is 22.6. The van der Waals surface area contributed by atoms with Crippen molar-refractivity contribution in [1.82, 2.24) is 15.5 Å². The van der Waals surface area contributed by atoms with Gasteiger partial charge in [-0.25, -0.2) is 4.79 Å². The first-order valence-corrected chi connectivity index (χ1v) is 13.9. The Morgan fingerprint density at radius 3 is 2.79 bits per heavy atom. The second-order valence-electron chi connectivity index (χ2n) is 10.1. The minimum absolute atomic E-state index is 0.0304. The Morgan fingerprint density at radius 2 is 2.09 bits per heavy atom. The molecule has 1 aromatic rings. The first kappa shape index (κ1) is 26.5. The largest absolute Gasteiger partial charge is 0.385 e. The fraction of sp³-hybridized carbons (Fsp3) is 0.808. The molecule has 1 saturated heterocycles. The number of urea groups is 1. The Labute approximate surface area is 204 Å². The number of hydrogen-bond acceptors (Lipinski definition) is 5. The lowest BCUT2D eigenvalue weighted by Crippen LogP contribution is -2.54. The summed E-state index contributed by atoms with van der Waals surface area (Å²) >= 11 is 1.63. The van der Waals surface area contributed by atoms with Crippen LogP contribution in [0.4, 0.5) is 4.79 Å². The fourth-order valence-electron chi connectivity index (χ4n) is 5.82. The SMILES string of the molecule is CNCC(CC1CCCCC1)NC(=O)N1CCCC(C(O)(CCCCOC)c2ccsc2)C1. The first-order chi connectivity index (χ1) is 16.1. The standard InChI is InChI=1S/C26H45N3O3S/c1-27-18-24(17-21-9-4-3-5-10-21)28-25(30)29-14-8-11-22(19-29)26(31,13-6-7-15-32-2)23-12-16-33-20-23/h12,16,20-22,24,27,31H,3-11,13-15,17-19H2,1-2H3,(H,28,30). The molecule has 3 rings (SSSR count). The number of carbonyl (C=O) groups excluding carboxylic acids is 1. The molecular formula is C26H45N3O3S. The van der Waals surface area contributed by atoms with Crippen molar-refractivity contribution in [2.45, 2.75) is 82.3 Å². The molecule has 0 aromatic carbocycles. The van der Waals surface area contributed by atoms with Crippen LogP contribution in [-0.2, 0) is 10.3 Å². The third kappa shape index (κ3) is 7.67. The second-order valence-corrected chi connectivity index (χ2v) is 10.9. The van der Waals surface area contributed by atoms with Crippen molar-refractivity contribution in [3.8, 4) is 0 Å². The molecule has 1 aromatic heterocycles. The quantitative estimate of drug-likeness (QED) is 0.379. The molecule has 0 spiro atoms. The van der Waals surface area contributed by atoms with Gasteiger partial charge in [0, 0.05) is 45.3 Å². The van der Waals surface area contributed by atoms with E-state index in [1.165, 1.54) is 32.1 Å². The topological polar surface area (TPSA) is 73.8 Å². The Hall–Kier alpha value is -1.15. The molecule has 188 valence electrons. The number of unbranched alkanes of at least 4 members (excludes halogenated alkanes) is 1. The highest BCUT2D eigenvalue weighted by molar-refractivity contribution is 7.08. The summed E-state index contributed by atoms with van der Waals surface area (Å²) in [6.45, 7) is 2.89. The summed E-state index contributed by atoms with van der Waals surface area (Å²) in [7, 11) is 3.68. The van der Waals surface area contributed by atoms with Gasteiger partial charge in [-0.15, -0.1) is 0 Å². The Morgan fingerprint density at radius 1 is 1.27 bits per heavy atom. The molecule has 1 saturated carbocycles. The molecule has 7 heteroatoms. The number of hydrogen-bond donors (Lipinski definition) is 3. The van der Waals surface area contributed by atoms with Gasteiger partial charge in [-0.1, -0.05) is 32.1 Å². The summed E-state index contributed by atoms with van der Waals surface area (Å²) < 4.78 is 5.21. The first-order valence-electron chi connectivity index (χ1n) is 13.0. The van der Waals surface area contributed by atoms with Crippen molar-refractivity contribution >= 4 is 17.4 Å². The predicted molar refractivity (Wildman–Crippen MR) is 136 cm³/mol. The van der Waals surface area contributed by atoms with E-state index < -0.39 is 5.60 Å². The van der Waals surface area contributed by atoms with Gasteiger partial charge in [-0.2, -0.15) is 11.3 Å². The molecule has 3 unspecified atom stereocenters. The van der Waals surface area contributed by atoms with Gasteiger partial charge in [-0.3, -0.25) is 0 Å². The van der Waals surface area contributed by atoms with Crippen molar-refractivity contribution < 1.29 is 14.6 Å². The lowest BCUT2D eigenvalue weighted by atomic mass is 9.75. The van der Waals surface area contributed by atoms with E-state index in [9.17, 15) is 9.90 Å². The molecule has 1 aliphatic carbocycles. The van der Waals surface area contributed by atoms with Crippen LogP contribution in [0.5, 0.6) is 0 Å². The van der Waals surface area contributed by atoms with Crippen LogP contribution in [-0.4, -0.2) is 62.5 Å². The minimum Gasteiger partial charge on any atom is -0.385 e. The summed E-state index contributed by atoms with van der Waals surface area (Å²) in [4.78, 5) is 15.2. The number of thiophene rings is 1. The van der Waals surface area contributed by atoms with Crippen LogP contribution in [0.3, 0.4) is 0 Å². The van der Waals surface area contributed by atoms with E-state index in [0.29, 0.717) is 19.6 Å².